The quantitative estimate of drug-likeness (QED) is 0.226. The molecule has 0 spiro atoms. The normalized spacial score (nSPS) is 11.1. The molecule has 0 bridgehead atoms. The minimum atomic E-state index is -0.491. The molecule has 0 aromatic heterocycles. The van der Waals surface area contributed by atoms with Crippen molar-refractivity contribution in [3.8, 4) is 45.9 Å². The van der Waals surface area contributed by atoms with Crippen molar-refractivity contribution in [2.75, 3.05) is 0 Å². The van der Waals surface area contributed by atoms with Crippen LogP contribution >= 0.6 is 0 Å². The van der Waals surface area contributed by atoms with Crippen LogP contribution in [-0.2, 0) is 9.63 Å². The van der Waals surface area contributed by atoms with E-state index in [0.29, 0.717) is 5.71 Å². The van der Waals surface area contributed by atoms with Gasteiger partial charge in [0.15, 0.2) is 5.71 Å². The molecule has 1 aliphatic carbocycles. The number of carbonyl (C=O) groups excluding carboxylic acids is 1. The Morgan fingerprint density at radius 3 is 2.30 bits per heavy atom. The number of rotatable bonds is 2. The number of hydrogen-bond donors (Lipinski definition) is 0. The molecule has 0 aliphatic heterocycles. The third kappa shape index (κ3) is 2.86. The Kier molecular flexibility index (Phi) is 4.21. The largest absolute Gasteiger partial charge is 0.332 e. The van der Waals surface area contributed by atoms with E-state index in [0.717, 1.165) is 16.3 Å². The van der Waals surface area contributed by atoms with Crippen molar-refractivity contribution in [3.63, 3.8) is 0 Å². The number of benzene rings is 3. The van der Waals surface area contributed by atoms with Crippen molar-refractivity contribution in [3.05, 3.63) is 60.2 Å². The standard InChI is InChI=1S/C24H15NO2/c1-3-4-5-13-23(25-27-16(2)26)19-14-15-22-18-10-7-6-9-17(18)20-11-8-12-21(19)24(20)22/h6-12,14-15H,1-2H3/b25-23-. The molecule has 4 rings (SSSR count). The van der Waals surface area contributed by atoms with Crippen molar-refractivity contribution < 1.29 is 9.63 Å². The van der Waals surface area contributed by atoms with E-state index in [-0.39, 0.29) is 0 Å². The van der Waals surface area contributed by atoms with Gasteiger partial charge >= 0.3 is 5.97 Å². The molecule has 0 amide bonds. The van der Waals surface area contributed by atoms with E-state index < -0.39 is 5.97 Å². The lowest BCUT2D eigenvalue weighted by atomic mass is 9.96. The fourth-order valence-electron chi connectivity index (χ4n) is 3.42. The van der Waals surface area contributed by atoms with Gasteiger partial charge in [0, 0.05) is 12.5 Å². The molecular weight excluding hydrogens is 334 g/mol. The highest BCUT2D eigenvalue weighted by atomic mass is 16.7. The maximum absolute atomic E-state index is 11.2. The third-order valence-electron chi connectivity index (χ3n) is 4.44. The van der Waals surface area contributed by atoms with Crippen LogP contribution in [0.2, 0.25) is 0 Å². The Balaban J connectivity index is 1.97. The fourth-order valence-corrected chi connectivity index (χ4v) is 3.42. The first-order valence-electron chi connectivity index (χ1n) is 8.55. The highest BCUT2D eigenvalue weighted by Crippen LogP contribution is 2.47. The van der Waals surface area contributed by atoms with Gasteiger partial charge in [-0.25, -0.2) is 4.79 Å². The SMILES string of the molecule is CC#CC#C/C(=N/OC(C)=O)c1ccc2c3c(cccc13)-c1ccccc1-2. The van der Waals surface area contributed by atoms with E-state index >= 15 is 0 Å². The average molecular weight is 349 g/mol. The lowest BCUT2D eigenvalue weighted by molar-refractivity contribution is -0.140. The van der Waals surface area contributed by atoms with Gasteiger partial charge in [-0.15, -0.1) is 0 Å². The Morgan fingerprint density at radius 1 is 0.889 bits per heavy atom. The molecule has 0 heterocycles. The zero-order valence-electron chi connectivity index (χ0n) is 15.0. The second-order valence-corrected chi connectivity index (χ2v) is 6.08. The second-order valence-electron chi connectivity index (χ2n) is 6.08. The molecule has 3 aromatic carbocycles. The van der Waals surface area contributed by atoms with E-state index in [4.69, 9.17) is 4.84 Å². The summed E-state index contributed by atoms with van der Waals surface area (Å²) >= 11 is 0. The topological polar surface area (TPSA) is 38.7 Å². The van der Waals surface area contributed by atoms with Crippen LogP contribution in [0.5, 0.6) is 0 Å². The van der Waals surface area contributed by atoms with E-state index in [2.05, 4.69) is 53.1 Å². The number of fused-ring (bicyclic) bond motifs is 3. The van der Waals surface area contributed by atoms with Crippen molar-refractivity contribution in [2.24, 2.45) is 5.16 Å². The average Bonchev–Trinajstić information content (AvgIpc) is 3.01. The first-order chi connectivity index (χ1) is 13.2. The molecule has 3 heteroatoms. The van der Waals surface area contributed by atoms with Crippen LogP contribution < -0.4 is 0 Å². The molecule has 0 saturated carbocycles. The molecule has 0 atom stereocenters. The van der Waals surface area contributed by atoms with Crippen molar-refractivity contribution in [1.82, 2.24) is 0 Å². The maximum Gasteiger partial charge on any atom is 0.332 e. The van der Waals surface area contributed by atoms with Crippen molar-refractivity contribution >= 4 is 22.5 Å². The Hall–Kier alpha value is -3.82. The number of nitrogens with zero attached hydrogens (tertiary/aromatic N) is 1. The van der Waals surface area contributed by atoms with Gasteiger partial charge in [0.1, 0.15) is 0 Å². The van der Waals surface area contributed by atoms with Gasteiger partial charge in [-0.05, 0) is 57.7 Å². The zero-order chi connectivity index (χ0) is 18.8. The lowest BCUT2D eigenvalue weighted by Crippen LogP contribution is -2.03. The minimum absolute atomic E-state index is 0.382. The Morgan fingerprint density at radius 2 is 1.59 bits per heavy atom. The third-order valence-corrected chi connectivity index (χ3v) is 4.44. The molecule has 0 radical (unpaired) electrons. The highest BCUT2D eigenvalue weighted by molar-refractivity contribution is 6.25. The highest BCUT2D eigenvalue weighted by Gasteiger charge is 2.22. The molecule has 0 N–H and O–H groups in total. The van der Waals surface area contributed by atoms with Crippen LogP contribution in [0.4, 0.5) is 0 Å². The predicted octanol–water partition coefficient (Wildman–Crippen LogP) is 4.78. The summed E-state index contributed by atoms with van der Waals surface area (Å²) in [5, 5.41) is 6.15. The van der Waals surface area contributed by atoms with E-state index in [1.807, 2.05) is 30.3 Å². The Bertz CT molecular complexity index is 1210. The summed E-state index contributed by atoms with van der Waals surface area (Å²) in [7, 11) is 0. The van der Waals surface area contributed by atoms with Crippen LogP contribution in [0.3, 0.4) is 0 Å². The molecule has 1 aliphatic rings. The molecule has 0 fully saturated rings. The fraction of sp³-hybridized carbons (Fsp3) is 0.0833. The number of carbonyl (C=O) groups is 1. The van der Waals surface area contributed by atoms with Crippen LogP contribution in [0.15, 0.2) is 59.8 Å². The molecule has 3 aromatic rings. The molecule has 27 heavy (non-hydrogen) atoms. The van der Waals surface area contributed by atoms with Gasteiger partial charge in [-0.1, -0.05) is 65.7 Å². The first-order valence-corrected chi connectivity index (χ1v) is 8.55. The minimum Gasteiger partial charge on any atom is -0.317 e. The Labute approximate surface area is 157 Å². The van der Waals surface area contributed by atoms with Gasteiger partial charge in [0.2, 0.25) is 0 Å². The summed E-state index contributed by atoms with van der Waals surface area (Å²) in [6, 6.07) is 18.6. The van der Waals surface area contributed by atoms with Gasteiger partial charge in [-0.3, -0.25) is 0 Å². The second kappa shape index (κ2) is 6.83. The van der Waals surface area contributed by atoms with Crippen LogP contribution in [-0.4, -0.2) is 11.7 Å². The lowest BCUT2D eigenvalue weighted by Gasteiger charge is -2.08. The maximum atomic E-state index is 11.2. The number of oxime groups is 1. The summed E-state index contributed by atoms with van der Waals surface area (Å²) in [6.07, 6.45) is 0. The van der Waals surface area contributed by atoms with Crippen LogP contribution in [0, 0.1) is 23.7 Å². The number of hydrogen-bond acceptors (Lipinski definition) is 3. The smallest absolute Gasteiger partial charge is 0.317 e. The molecule has 3 nitrogen and oxygen atoms in total. The van der Waals surface area contributed by atoms with Gasteiger partial charge < -0.3 is 4.84 Å². The summed E-state index contributed by atoms with van der Waals surface area (Å²) in [5.41, 5.74) is 6.01. The monoisotopic (exact) mass is 349 g/mol. The van der Waals surface area contributed by atoms with Gasteiger partial charge in [0.05, 0.1) is 0 Å². The molecular formula is C24H15NO2. The van der Waals surface area contributed by atoms with Gasteiger partial charge in [-0.2, -0.15) is 0 Å². The van der Waals surface area contributed by atoms with E-state index in [9.17, 15) is 4.79 Å². The summed E-state index contributed by atoms with van der Waals surface area (Å²) < 4.78 is 0. The molecule has 0 saturated heterocycles. The van der Waals surface area contributed by atoms with Gasteiger partial charge in [0.25, 0.3) is 0 Å². The molecule has 0 unspecified atom stereocenters. The first kappa shape index (κ1) is 16.6. The summed E-state index contributed by atoms with van der Waals surface area (Å²) in [5.74, 6) is 10.6. The summed E-state index contributed by atoms with van der Waals surface area (Å²) in [4.78, 5) is 16.1. The van der Waals surface area contributed by atoms with E-state index in [1.54, 1.807) is 6.92 Å². The zero-order valence-corrected chi connectivity index (χ0v) is 15.0. The molecule has 128 valence electrons. The summed E-state index contributed by atoms with van der Waals surface area (Å²) in [6.45, 7) is 3.03. The van der Waals surface area contributed by atoms with Crippen molar-refractivity contribution in [1.29, 1.82) is 0 Å². The van der Waals surface area contributed by atoms with E-state index in [1.165, 1.54) is 29.2 Å². The van der Waals surface area contributed by atoms with Crippen LogP contribution in [0.1, 0.15) is 19.4 Å². The van der Waals surface area contributed by atoms with Crippen LogP contribution in [0.25, 0.3) is 33.0 Å². The predicted molar refractivity (Wildman–Crippen MR) is 108 cm³/mol. The van der Waals surface area contributed by atoms with Crippen molar-refractivity contribution in [2.45, 2.75) is 13.8 Å².